The zero-order chi connectivity index (χ0) is 10.8. The van der Waals surface area contributed by atoms with Crippen LogP contribution in [0.3, 0.4) is 0 Å². The van der Waals surface area contributed by atoms with Crippen molar-refractivity contribution >= 4 is 23.1 Å². The lowest BCUT2D eigenvalue weighted by Gasteiger charge is -2.12. The number of nitrogens with zero attached hydrogens (tertiary/aromatic N) is 1. The van der Waals surface area contributed by atoms with Crippen molar-refractivity contribution in [1.29, 1.82) is 0 Å². The molecular formula is C10H14ClN3O. The van der Waals surface area contributed by atoms with Gasteiger partial charge in [-0.3, -0.25) is 0 Å². The number of pyridine rings is 1. The molecule has 5 heteroatoms. The van der Waals surface area contributed by atoms with Crippen LogP contribution >= 0.6 is 11.6 Å². The van der Waals surface area contributed by atoms with Gasteiger partial charge in [-0.2, -0.15) is 0 Å². The molecule has 0 amide bonds. The summed E-state index contributed by atoms with van der Waals surface area (Å²) in [5, 5.41) is 13.0. The van der Waals surface area contributed by atoms with E-state index in [4.69, 9.17) is 17.3 Å². The van der Waals surface area contributed by atoms with E-state index in [0.29, 0.717) is 29.1 Å². The Balaban J connectivity index is 1.94. The van der Waals surface area contributed by atoms with Gasteiger partial charge in [-0.1, -0.05) is 11.6 Å². The molecule has 0 bridgehead atoms. The predicted octanol–water partition coefficient (Wildman–Crippen LogP) is 1.50. The minimum absolute atomic E-state index is 0.315. The van der Waals surface area contributed by atoms with Gasteiger partial charge in [-0.15, -0.1) is 0 Å². The maximum Gasteiger partial charge on any atom is 0.151 e. The summed E-state index contributed by atoms with van der Waals surface area (Å²) in [7, 11) is 0. The molecule has 1 heterocycles. The minimum atomic E-state index is -0.315. The molecule has 0 saturated heterocycles. The molecular weight excluding hydrogens is 214 g/mol. The first-order chi connectivity index (χ1) is 7.16. The quantitative estimate of drug-likeness (QED) is 0.682. The third-order valence-electron chi connectivity index (χ3n) is 2.54. The smallest absolute Gasteiger partial charge is 0.151 e. The molecule has 1 aromatic rings. The van der Waals surface area contributed by atoms with E-state index < -0.39 is 0 Å². The van der Waals surface area contributed by atoms with E-state index in [9.17, 15) is 5.11 Å². The number of nitrogens with one attached hydrogen (secondary N) is 1. The Labute approximate surface area is 93.5 Å². The van der Waals surface area contributed by atoms with Crippen LogP contribution in [0.1, 0.15) is 12.8 Å². The van der Waals surface area contributed by atoms with Crippen molar-refractivity contribution in [3.8, 4) is 0 Å². The summed E-state index contributed by atoms with van der Waals surface area (Å²) in [5.41, 5.74) is 6.25. The molecule has 0 radical (unpaired) electrons. The number of rotatable bonds is 4. The Morgan fingerprint density at radius 1 is 1.60 bits per heavy atom. The Hall–Kier alpha value is -1.00. The molecule has 4 nitrogen and oxygen atoms in total. The van der Waals surface area contributed by atoms with Crippen molar-refractivity contribution in [1.82, 2.24) is 4.98 Å². The fourth-order valence-electron chi connectivity index (χ4n) is 1.44. The van der Waals surface area contributed by atoms with Crippen molar-refractivity contribution in [2.45, 2.75) is 18.9 Å². The summed E-state index contributed by atoms with van der Waals surface area (Å²) in [6.07, 6.45) is 1.91. The van der Waals surface area contributed by atoms with Crippen LogP contribution in [0.5, 0.6) is 0 Å². The fourth-order valence-corrected chi connectivity index (χ4v) is 1.58. The average molecular weight is 228 g/mol. The summed E-state index contributed by atoms with van der Waals surface area (Å²) >= 11 is 5.74. The standard InChI is InChI=1S/C10H14ClN3O/c11-9-4-3-7(12)10(14-9)13-5-8(15)6-1-2-6/h3-4,6,8,15H,1-2,5,12H2,(H,13,14). The van der Waals surface area contributed by atoms with Crippen LogP contribution in [0.4, 0.5) is 11.5 Å². The topological polar surface area (TPSA) is 71.2 Å². The van der Waals surface area contributed by atoms with Gasteiger partial charge < -0.3 is 16.2 Å². The normalized spacial score (nSPS) is 17.5. The van der Waals surface area contributed by atoms with E-state index >= 15 is 0 Å². The lowest BCUT2D eigenvalue weighted by Crippen LogP contribution is -2.22. The van der Waals surface area contributed by atoms with Crippen LogP contribution < -0.4 is 11.1 Å². The highest BCUT2D eigenvalue weighted by molar-refractivity contribution is 6.29. The van der Waals surface area contributed by atoms with E-state index in [1.807, 2.05) is 0 Å². The summed E-state index contributed by atoms with van der Waals surface area (Å²) in [4.78, 5) is 4.04. The molecule has 1 aliphatic rings. The van der Waals surface area contributed by atoms with Gasteiger partial charge in [0.1, 0.15) is 5.15 Å². The van der Waals surface area contributed by atoms with Gasteiger partial charge in [0.2, 0.25) is 0 Å². The van der Waals surface area contributed by atoms with Crippen LogP contribution in [0, 0.1) is 5.92 Å². The number of nitrogen functional groups attached to an aromatic ring is 1. The molecule has 15 heavy (non-hydrogen) atoms. The zero-order valence-corrected chi connectivity index (χ0v) is 9.04. The maximum absolute atomic E-state index is 9.65. The lowest BCUT2D eigenvalue weighted by molar-refractivity contribution is 0.164. The average Bonchev–Trinajstić information content (AvgIpc) is 3.02. The van der Waals surface area contributed by atoms with Gasteiger partial charge in [-0.25, -0.2) is 4.98 Å². The third-order valence-corrected chi connectivity index (χ3v) is 2.75. The number of hydrogen-bond acceptors (Lipinski definition) is 4. The molecule has 1 aliphatic carbocycles. The van der Waals surface area contributed by atoms with Crippen molar-refractivity contribution in [3.05, 3.63) is 17.3 Å². The van der Waals surface area contributed by atoms with Crippen LogP contribution in [0.2, 0.25) is 5.15 Å². The van der Waals surface area contributed by atoms with Crippen LogP contribution in [-0.4, -0.2) is 22.7 Å². The number of anilines is 2. The lowest BCUT2D eigenvalue weighted by atomic mass is 10.2. The Morgan fingerprint density at radius 2 is 2.33 bits per heavy atom. The van der Waals surface area contributed by atoms with E-state index in [2.05, 4.69) is 10.3 Å². The van der Waals surface area contributed by atoms with Gasteiger partial charge in [0.15, 0.2) is 5.82 Å². The molecule has 2 rings (SSSR count). The molecule has 1 unspecified atom stereocenters. The van der Waals surface area contributed by atoms with E-state index in [1.165, 1.54) is 0 Å². The molecule has 82 valence electrons. The van der Waals surface area contributed by atoms with Crippen LogP contribution in [-0.2, 0) is 0 Å². The van der Waals surface area contributed by atoms with Gasteiger partial charge in [0.05, 0.1) is 11.8 Å². The van der Waals surface area contributed by atoms with Crippen LogP contribution in [0.25, 0.3) is 0 Å². The number of aliphatic hydroxyl groups excluding tert-OH is 1. The predicted molar refractivity (Wildman–Crippen MR) is 60.9 cm³/mol. The number of aliphatic hydroxyl groups is 1. The second-order valence-corrected chi connectivity index (χ2v) is 4.24. The minimum Gasteiger partial charge on any atom is -0.396 e. The molecule has 1 atom stereocenters. The fraction of sp³-hybridized carbons (Fsp3) is 0.500. The maximum atomic E-state index is 9.65. The second-order valence-electron chi connectivity index (χ2n) is 3.86. The summed E-state index contributed by atoms with van der Waals surface area (Å²) in [5.74, 6) is 0.986. The van der Waals surface area contributed by atoms with Crippen molar-refractivity contribution < 1.29 is 5.11 Å². The first-order valence-corrected chi connectivity index (χ1v) is 5.38. The molecule has 4 N–H and O–H groups in total. The first kappa shape index (κ1) is 10.5. The van der Waals surface area contributed by atoms with E-state index in [0.717, 1.165) is 12.8 Å². The summed E-state index contributed by atoms with van der Waals surface area (Å²) in [6.45, 7) is 0.474. The molecule has 0 spiro atoms. The molecule has 0 aromatic carbocycles. The van der Waals surface area contributed by atoms with Crippen molar-refractivity contribution in [3.63, 3.8) is 0 Å². The number of halogens is 1. The molecule has 1 aromatic heterocycles. The molecule has 0 aliphatic heterocycles. The SMILES string of the molecule is Nc1ccc(Cl)nc1NCC(O)C1CC1. The highest BCUT2D eigenvalue weighted by atomic mass is 35.5. The largest absolute Gasteiger partial charge is 0.396 e. The monoisotopic (exact) mass is 227 g/mol. The van der Waals surface area contributed by atoms with Gasteiger partial charge in [0.25, 0.3) is 0 Å². The number of nitrogens with two attached hydrogens (primary N) is 1. The van der Waals surface area contributed by atoms with Crippen LogP contribution in [0.15, 0.2) is 12.1 Å². The zero-order valence-electron chi connectivity index (χ0n) is 8.28. The van der Waals surface area contributed by atoms with E-state index in [1.54, 1.807) is 12.1 Å². The van der Waals surface area contributed by atoms with Crippen molar-refractivity contribution in [2.75, 3.05) is 17.6 Å². The van der Waals surface area contributed by atoms with Gasteiger partial charge in [0, 0.05) is 6.54 Å². The Bertz CT molecular complexity index is 355. The Morgan fingerprint density at radius 3 is 3.00 bits per heavy atom. The van der Waals surface area contributed by atoms with Gasteiger partial charge in [-0.05, 0) is 30.9 Å². The molecule has 1 saturated carbocycles. The van der Waals surface area contributed by atoms with E-state index in [-0.39, 0.29) is 6.10 Å². The number of hydrogen-bond donors (Lipinski definition) is 3. The summed E-state index contributed by atoms with van der Waals surface area (Å²) < 4.78 is 0. The highest BCUT2D eigenvalue weighted by Crippen LogP contribution is 2.32. The number of aromatic nitrogens is 1. The van der Waals surface area contributed by atoms with Crippen molar-refractivity contribution in [2.24, 2.45) is 5.92 Å². The second kappa shape index (κ2) is 4.24. The highest BCUT2D eigenvalue weighted by Gasteiger charge is 2.29. The van der Waals surface area contributed by atoms with Gasteiger partial charge >= 0.3 is 0 Å². The third kappa shape index (κ3) is 2.73. The first-order valence-electron chi connectivity index (χ1n) is 5.01. The Kier molecular flexibility index (Phi) is 2.98. The molecule has 1 fully saturated rings. The summed E-state index contributed by atoms with van der Waals surface area (Å²) in [6, 6.07) is 3.33.